The van der Waals surface area contributed by atoms with Crippen molar-refractivity contribution in [2.75, 3.05) is 18.5 Å². The molecule has 3 rings (SSSR count). The van der Waals surface area contributed by atoms with Crippen molar-refractivity contribution in [3.63, 3.8) is 0 Å². The second-order valence-electron chi connectivity index (χ2n) is 5.38. The summed E-state index contributed by atoms with van der Waals surface area (Å²) in [6.07, 6.45) is 2.28. The largest absolute Gasteiger partial charge is 0.396 e. The van der Waals surface area contributed by atoms with E-state index in [9.17, 15) is 5.11 Å². The molecule has 1 heterocycles. The van der Waals surface area contributed by atoms with Gasteiger partial charge in [-0.05, 0) is 30.2 Å². The van der Waals surface area contributed by atoms with Crippen molar-refractivity contribution >= 4 is 32.7 Å². The van der Waals surface area contributed by atoms with E-state index in [0.717, 1.165) is 21.2 Å². The van der Waals surface area contributed by atoms with Gasteiger partial charge in [0.25, 0.3) is 0 Å². The van der Waals surface area contributed by atoms with Gasteiger partial charge >= 0.3 is 0 Å². The maximum Gasteiger partial charge on any atom is 0.137 e. The van der Waals surface area contributed by atoms with E-state index < -0.39 is 0 Å². The molecular weight excluding hydrogens is 354 g/mol. The van der Waals surface area contributed by atoms with Crippen molar-refractivity contribution in [2.24, 2.45) is 0 Å². The minimum Gasteiger partial charge on any atom is -0.396 e. The molecule has 4 nitrogen and oxygen atoms in total. The Morgan fingerprint density at radius 2 is 1.91 bits per heavy atom. The summed E-state index contributed by atoms with van der Waals surface area (Å²) in [5.74, 6) is 1.05. The second kappa shape index (κ2) is 7.53. The van der Waals surface area contributed by atoms with Crippen LogP contribution in [0.1, 0.15) is 17.9 Å². The highest BCUT2D eigenvalue weighted by molar-refractivity contribution is 9.10. The van der Waals surface area contributed by atoms with Gasteiger partial charge in [-0.3, -0.25) is 0 Å². The first-order valence-electron chi connectivity index (χ1n) is 7.58. The van der Waals surface area contributed by atoms with Gasteiger partial charge in [0.05, 0.1) is 5.52 Å². The summed E-state index contributed by atoms with van der Waals surface area (Å²) in [5.41, 5.74) is 2.12. The fourth-order valence-electron chi connectivity index (χ4n) is 2.66. The number of aromatic nitrogens is 2. The first-order valence-corrected chi connectivity index (χ1v) is 8.37. The quantitative estimate of drug-likeness (QED) is 0.688. The number of hydrogen-bond donors (Lipinski definition) is 2. The molecule has 23 heavy (non-hydrogen) atoms. The number of halogens is 1. The SMILES string of the molecule is OCCC(CNc1ncnc2ccc(Br)cc12)c1ccccc1. The van der Waals surface area contributed by atoms with Crippen LogP contribution in [0.5, 0.6) is 0 Å². The number of aliphatic hydroxyl groups excluding tert-OH is 1. The van der Waals surface area contributed by atoms with Gasteiger partial charge in [0.15, 0.2) is 0 Å². The molecular formula is C18H18BrN3O. The minimum atomic E-state index is 0.164. The molecule has 2 aromatic carbocycles. The van der Waals surface area contributed by atoms with Crippen molar-refractivity contribution in [2.45, 2.75) is 12.3 Å². The lowest BCUT2D eigenvalue weighted by Gasteiger charge is -2.18. The molecule has 3 aromatic rings. The second-order valence-corrected chi connectivity index (χ2v) is 6.30. The number of hydrogen-bond acceptors (Lipinski definition) is 4. The Morgan fingerprint density at radius 1 is 1.09 bits per heavy atom. The average Bonchev–Trinajstić information content (AvgIpc) is 2.59. The molecule has 0 saturated carbocycles. The summed E-state index contributed by atoms with van der Waals surface area (Å²) in [4.78, 5) is 8.66. The monoisotopic (exact) mass is 371 g/mol. The molecule has 1 atom stereocenters. The molecule has 1 aromatic heterocycles. The lowest BCUT2D eigenvalue weighted by molar-refractivity contribution is 0.277. The fourth-order valence-corrected chi connectivity index (χ4v) is 3.02. The number of fused-ring (bicyclic) bond motifs is 1. The maximum absolute atomic E-state index is 9.34. The normalized spacial score (nSPS) is 12.3. The third-order valence-electron chi connectivity index (χ3n) is 3.86. The third kappa shape index (κ3) is 3.86. The van der Waals surface area contributed by atoms with Crippen LogP contribution in [0.15, 0.2) is 59.3 Å². The van der Waals surface area contributed by atoms with Gasteiger partial charge < -0.3 is 10.4 Å². The zero-order chi connectivity index (χ0) is 16.1. The van der Waals surface area contributed by atoms with Crippen LogP contribution in [0.2, 0.25) is 0 Å². The maximum atomic E-state index is 9.34. The summed E-state index contributed by atoms with van der Waals surface area (Å²) >= 11 is 3.49. The van der Waals surface area contributed by atoms with Gasteiger partial charge in [-0.2, -0.15) is 0 Å². The topological polar surface area (TPSA) is 58.0 Å². The Kier molecular flexibility index (Phi) is 5.20. The van der Waals surface area contributed by atoms with E-state index in [2.05, 4.69) is 43.3 Å². The molecule has 2 N–H and O–H groups in total. The molecule has 0 fully saturated rings. The number of anilines is 1. The van der Waals surface area contributed by atoms with E-state index in [4.69, 9.17) is 0 Å². The van der Waals surface area contributed by atoms with Gasteiger partial charge in [0.1, 0.15) is 12.1 Å². The van der Waals surface area contributed by atoms with Crippen LogP contribution < -0.4 is 5.32 Å². The van der Waals surface area contributed by atoms with Crippen molar-refractivity contribution in [1.29, 1.82) is 0 Å². The number of nitrogens with one attached hydrogen (secondary N) is 1. The summed E-state index contributed by atoms with van der Waals surface area (Å²) in [7, 11) is 0. The number of rotatable bonds is 6. The lowest BCUT2D eigenvalue weighted by Crippen LogP contribution is -2.15. The van der Waals surface area contributed by atoms with Gasteiger partial charge in [-0.15, -0.1) is 0 Å². The van der Waals surface area contributed by atoms with Gasteiger partial charge in [0, 0.05) is 28.9 Å². The zero-order valence-corrected chi connectivity index (χ0v) is 14.2. The summed E-state index contributed by atoms with van der Waals surface area (Å²) in [6.45, 7) is 0.876. The van der Waals surface area contributed by atoms with E-state index in [-0.39, 0.29) is 12.5 Å². The van der Waals surface area contributed by atoms with Crippen molar-refractivity contribution in [1.82, 2.24) is 9.97 Å². The predicted molar refractivity (Wildman–Crippen MR) is 96.6 cm³/mol. The van der Waals surface area contributed by atoms with Gasteiger partial charge in [-0.1, -0.05) is 46.3 Å². The number of nitrogens with zero attached hydrogens (tertiary/aromatic N) is 2. The average molecular weight is 372 g/mol. The molecule has 1 unspecified atom stereocenters. The number of benzene rings is 2. The summed E-state index contributed by atoms with van der Waals surface area (Å²) < 4.78 is 0.998. The smallest absolute Gasteiger partial charge is 0.137 e. The Hall–Kier alpha value is -1.98. The van der Waals surface area contributed by atoms with Gasteiger partial charge in [-0.25, -0.2) is 9.97 Å². The van der Waals surface area contributed by atoms with Crippen molar-refractivity contribution < 1.29 is 5.11 Å². The van der Waals surface area contributed by atoms with Crippen LogP contribution in [0.3, 0.4) is 0 Å². The molecule has 0 aliphatic carbocycles. The minimum absolute atomic E-state index is 0.164. The van der Waals surface area contributed by atoms with Crippen molar-refractivity contribution in [3.8, 4) is 0 Å². The van der Waals surface area contributed by atoms with Crippen molar-refractivity contribution in [3.05, 3.63) is 64.9 Å². The molecule has 0 saturated heterocycles. The van der Waals surface area contributed by atoms with Gasteiger partial charge in [0.2, 0.25) is 0 Å². The molecule has 0 amide bonds. The highest BCUT2D eigenvalue weighted by atomic mass is 79.9. The Labute approximate surface area is 143 Å². The summed E-state index contributed by atoms with van der Waals surface area (Å²) in [5, 5.41) is 13.7. The molecule has 0 aliphatic heterocycles. The Morgan fingerprint density at radius 3 is 2.70 bits per heavy atom. The fraction of sp³-hybridized carbons (Fsp3) is 0.222. The molecule has 118 valence electrons. The van der Waals surface area contributed by atoms with Crippen LogP contribution in [0.4, 0.5) is 5.82 Å². The molecule has 0 aliphatic rings. The first-order chi connectivity index (χ1) is 11.3. The molecule has 0 spiro atoms. The van der Waals surface area contributed by atoms with E-state index in [0.29, 0.717) is 13.0 Å². The highest BCUT2D eigenvalue weighted by Crippen LogP contribution is 2.25. The van der Waals surface area contributed by atoms with E-state index in [1.165, 1.54) is 5.56 Å². The molecule has 5 heteroatoms. The van der Waals surface area contributed by atoms with Crippen LogP contribution in [-0.4, -0.2) is 28.2 Å². The van der Waals surface area contributed by atoms with E-state index in [1.807, 2.05) is 36.4 Å². The van der Waals surface area contributed by atoms with E-state index in [1.54, 1.807) is 6.33 Å². The van der Waals surface area contributed by atoms with Crippen LogP contribution in [-0.2, 0) is 0 Å². The highest BCUT2D eigenvalue weighted by Gasteiger charge is 2.12. The first kappa shape index (κ1) is 15.9. The van der Waals surface area contributed by atoms with Crippen LogP contribution in [0.25, 0.3) is 10.9 Å². The summed E-state index contributed by atoms with van der Waals surface area (Å²) in [6, 6.07) is 16.2. The molecule has 0 bridgehead atoms. The lowest BCUT2D eigenvalue weighted by atomic mass is 9.96. The van der Waals surface area contributed by atoms with Crippen LogP contribution >= 0.6 is 15.9 Å². The van der Waals surface area contributed by atoms with Crippen LogP contribution in [0, 0.1) is 0 Å². The Balaban J connectivity index is 1.82. The van der Waals surface area contributed by atoms with E-state index >= 15 is 0 Å². The predicted octanol–water partition coefficient (Wildman–Crippen LogP) is 3.97. The number of aliphatic hydroxyl groups is 1. The molecule has 0 radical (unpaired) electrons. The zero-order valence-electron chi connectivity index (χ0n) is 12.6. The third-order valence-corrected chi connectivity index (χ3v) is 4.36. The Bertz CT molecular complexity index is 780. The standard InChI is InChI=1S/C18H18BrN3O/c19-15-6-7-17-16(10-15)18(22-12-21-17)20-11-14(8-9-23)13-4-2-1-3-5-13/h1-7,10,12,14,23H,8-9,11H2,(H,20,21,22).